The highest BCUT2D eigenvalue weighted by atomic mass is 32.2. The van der Waals surface area contributed by atoms with Crippen LogP contribution in [-0.4, -0.2) is 38.9 Å². The van der Waals surface area contributed by atoms with Crippen LogP contribution in [-0.2, 0) is 26.0 Å². The lowest BCUT2D eigenvalue weighted by Crippen LogP contribution is -2.34. The fraction of sp³-hybridized carbons (Fsp3) is 0.231. The molecule has 0 aliphatic heterocycles. The highest BCUT2D eigenvalue weighted by molar-refractivity contribution is 7.89. The number of esters is 2. The molecule has 0 amide bonds. The van der Waals surface area contributed by atoms with Gasteiger partial charge < -0.3 is 9.47 Å². The van der Waals surface area contributed by atoms with Crippen molar-refractivity contribution in [1.82, 2.24) is 4.31 Å². The smallest absolute Gasteiger partial charge is 0.337 e. The normalized spacial score (nSPS) is 12.2. The molecular formula is C26H27NO6S. The van der Waals surface area contributed by atoms with Gasteiger partial charge in [-0.3, -0.25) is 0 Å². The lowest BCUT2D eigenvalue weighted by molar-refractivity contribution is 0.0592. The van der Waals surface area contributed by atoms with Crippen LogP contribution in [0.15, 0.2) is 83.8 Å². The Hall–Kier alpha value is -3.49. The van der Waals surface area contributed by atoms with Crippen molar-refractivity contribution >= 4 is 22.0 Å². The zero-order chi connectivity index (χ0) is 24.7. The Balaban J connectivity index is 2.03. The number of benzene rings is 3. The molecule has 3 aromatic rings. The van der Waals surface area contributed by atoms with Gasteiger partial charge in [0.05, 0.1) is 36.3 Å². The fourth-order valence-corrected chi connectivity index (χ4v) is 5.38. The fourth-order valence-electron chi connectivity index (χ4n) is 3.70. The van der Waals surface area contributed by atoms with Crippen LogP contribution in [0.4, 0.5) is 0 Å². The maximum atomic E-state index is 13.8. The third-order valence-electron chi connectivity index (χ3n) is 5.51. The van der Waals surface area contributed by atoms with E-state index in [0.717, 1.165) is 11.1 Å². The predicted molar refractivity (Wildman–Crippen MR) is 128 cm³/mol. The average molecular weight is 482 g/mol. The van der Waals surface area contributed by atoms with Crippen molar-refractivity contribution in [2.24, 2.45) is 0 Å². The summed E-state index contributed by atoms with van der Waals surface area (Å²) >= 11 is 0. The van der Waals surface area contributed by atoms with Crippen LogP contribution in [0.2, 0.25) is 0 Å². The molecule has 0 unspecified atom stereocenters. The van der Waals surface area contributed by atoms with Crippen LogP contribution in [0.3, 0.4) is 0 Å². The highest BCUT2D eigenvalue weighted by Crippen LogP contribution is 2.32. The van der Waals surface area contributed by atoms with E-state index >= 15 is 0 Å². The zero-order valence-corrected chi connectivity index (χ0v) is 20.1. The van der Waals surface area contributed by atoms with Crippen LogP contribution in [0.1, 0.15) is 51.2 Å². The first-order valence-corrected chi connectivity index (χ1v) is 12.2. The van der Waals surface area contributed by atoms with Gasteiger partial charge in [-0.05, 0) is 53.9 Å². The molecule has 0 aliphatic carbocycles. The molecule has 0 saturated heterocycles. The van der Waals surface area contributed by atoms with Crippen molar-refractivity contribution in [3.05, 3.63) is 101 Å². The first kappa shape index (κ1) is 25.1. The van der Waals surface area contributed by atoms with E-state index in [0.29, 0.717) is 12.0 Å². The molecule has 0 N–H and O–H groups in total. The van der Waals surface area contributed by atoms with Crippen LogP contribution < -0.4 is 0 Å². The van der Waals surface area contributed by atoms with Gasteiger partial charge in [-0.15, -0.1) is 0 Å². The van der Waals surface area contributed by atoms with E-state index in [1.807, 2.05) is 37.3 Å². The van der Waals surface area contributed by atoms with Gasteiger partial charge in [0.15, 0.2) is 0 Å². The molecule has 178 valence electrons. The molecule has 8 heteroatoms. The summed E-state index contributed by atoms with van der Waals surface area (Å²) in [5.74, 6) is -1.00. The summed E-state index contributed by atoms with van der Waals surface area (Å²) < 4.78 is 38.5. The second-order valence-electron chi connectivity index (χ2n) is 7.59. The number of hydrogen-bond acceptors (Lipinski definition) is 6. The van der Waals surface area contributed by atoms with Gasteiger partial charge in [-0.2, -0.15) is 4.31 Å². The molecule has 0 bridgehead atoms. The summed E-state index contributed by atoms with van der Waals surface area (Å²) in [6.45, 7) is 2.02. The number of methoxy groups -OCH3 is 2. The van der Waals surface area contributed by atoms with Gasteiger partial charge in [-0.25, -0.2) is 18.0 Å². The van der Waals surface area contributed by atoms with Crippen molar-refractivity contribution in [3.8, 4) is 0 Å². The number of carbonyl (C=O) groups excluding carboxylic acids is 2. The van der Waals surface area contributed by atoms with Crippen molar-refractivity contribution in [2.75, 3.05) is 14.2 Å². The number of carbonyl (C=O) groups is 2. The van der Waals surface area contributed by atoms with Crippen molar-refractivity contribution < 1.29 is 27.5 Å². The van der Waals surface area contributed by atoms with Crippen LogP contribution in [0, 0.1) is 0 Å². The van der Waals surface area contributed by atoms with Gasteiger partial charge in [0, 0.05) is 6.54 Å². The van der Waals surface area contributed by atoms with E-state index in [9.17, 15) is 18.0 Å². The second-order valence-corrected chi connectivity index (χ2v) is 9.48. The summed E-state index contributed by atoms with van der Waals surface area (Å²) in [5, 5.41) is 0. The number of rotatable bonds is 9. The molecular weight excluding hydrogens is 454 g/mol. The van der Waals surface area contributed by atoms with Gasteiger partial charge >= 0.3 is 11.9 Å². The van der Waals surface area contributed by atoms with Gasteiger partial charge in [0.25, 0.3) is 0 Å². The minimum absolute atomic E-state index is 0.0701. The number of sulfonamides is 1. The topological polar surface area (TPSA) is 90.0 Å². The Morgan fingerprint density at radius 3 is 1.76 bits per heavy atom. The summed E-state index contributed by atoms with van der Waals surface area (Å²) in [6, 6.07) is 21.3. The van der Waals surface area contributed by atoms with E-state index < -0.39 is 28.0 Å². The minimum atomic E-state index is -3.95. The molecule has 0 heterocycles. The minimum Gasteiger partial charge on any atom is -0.465 e. The molecule has 0 spiro atoms. The summed E-state index contributed by atoms with van der Waals surface area (Å²) in [5.41, 5.74) is 2.23. The van der Waals surface area contributed by atoms with Crippen LogP contribution in [0.5, 0.6) is 0 Å². The molecule has 34 heavy (non-hydrogen) atoms. The third kappa shape index (κ3) is 5.52. The Morgan fingerprint density at radius 1 is 0.794 bits per heavy atom. The van der Waals surface area contributed by atoms with E-state index in [4.69, 9.17) is 9.47 Å². The quantitative estimate of drug-likeness (QED) is 0.415. The van der Waals surface area contributed by atoms with E-state index in [-0.39, 0.29) is 17.0 Å². The lowest BCUT2D eigenvalue weighted by atomic mass is 10.0. The zero-order valence-electron chi connectivity index (χ0n) is 19.3. The lowest BCUT2D eigenvalue weighted by Gasteiger charge is -2.31. The SMILES string of the molecule is CC[C@@H](c1ccccc1)N(Cc1ccc(C(=O)OC)cc1)S(=O)(=O)c1ccc(C(=O)OC)cc1. The van der Waals surface area contributed by atoms with Crippen molar-refractivity contribution in [2.45, 2.75) is 30.8 Å². The van der Waals surface area contributed by atoms with Crippen molar-refractivity contribution in [3.63, 3.8) is 0 Å². The van der Waals surface area contributed by atoms with E-state index in [1.165, 1.54) is 42.8 Å². The van der Waals surface area contributed by atoms with E-state index in [2.05, 4.69) is 0 Å². The monoisotopic (exact) mass is 481 g/mol. The number of nitrogens with zero attached hydrogens (tertiary/aromatic N) is 1. The molecule has 0 fully saturated rings. The summed E-state index contributed by atoms with van der Waals surface area (Å²) in [6.07, 6.45) is 0.545. The Bertz CT molecular complexity index is 1220. The predicted octanol–water partition coefficient (Wildman–Crippen LogP) is 4.60. The molecule has 1 atom stereocenters. The second kappa shape index (κ2) is 11.1. The summed E-state index contributed by atoms with van der Waals surface area (Å²) in [7, 11) is -1.37. The number of hydrogen-bond donors (Lipinski definition) is 0. The Labute approximate surface area is 200 Å². The van der Waals surface area contributed by atoms with Gasteiger partial charge in [0.1, 0.15) is 0 Å². The Kier molecular flexibility index (Phi) is 8.20. The van der Waals surface area contributed by atoms with Crippen LogP contribution >= 0.6 is 0 Å². The van der Waals surface area contributed by atoms with Crippen molar-refractivity contribution in [1.29, 1.82) is 0 Å². The Morgan fingerprint density at radius 2 is 1.29 bits per heavy atom. The average Bonchev–Trinajstić information content (AvgIpc) is 2.88. The molecule has 3 rings (SSSR count). The third-order valence-corrected chi connectivity index (χ3v) is 7.38. The molecule has 0 aromatic heterocycles. The molecule has 0 radical (unpaired) electrons. The van der Waals surface area contributed by atoms with Gasteiger partial charge in [-0.1, -0.05) is 49.4 Å². The molecule has 7 nitrogen and oxygen atoms in total. The largest absolute Gasteiger partial charge is 0.465 e. The van der Waals surface area contributed by atoms with E-state index in [1.54, 1.807) is 24.3 Å². The maximum absolute atomic E-state index is 13.8. The molecule has 3 aromatic carbocycles. The standard InChI is InChI=1S/C26H27NO6S/c1-4-24(20-8-6-5-7-9-20)27(18-19-10-12-21(13-11-19)25(28)32-2)34(30,31)23-16-14-22(15-17-23)26(29)33-3/h5-17,24H,4,18H2,1-3H3/t24-/m0/s1. The van der Waals surface area contributed by atoms with Gasteiger partial charge in [0.2, 0.25) is 10.0 Å². The molecule has 0 aliphatic rings. The first-order valence-electron chi connectivity index (χ1n) is 10.7. The maximum Gasteiger partial charge on any atom is 0.337 e. The first-order chi connectivity index (χ1) is 16.3. The summed E-state index contributed by atoms with van der Waals surface area (Å²) in [4.78, 5) is 23.6. The molecule has 0 saturated carbocycles. The highest BCUT2D eigenvalue weighted by Gasteiger charge is 2.32. The number of ether oxygens (including phenoxy) is 2. The van der Waals surface area contributed by atoms with Crippen LogP contribution in [0.25, 0.3) is 0 Å².